The van der Waals surface area contributed by atoms with Gasteiger partial charge in [-0.15, -0.1) is 5.10 Å². The fourth-order valence-electron chi connectivity index (χ4n) is 3.37. The first kappa shape index (κ1) is 19.2. The molecule has 7 nitrogen and oxygen atoms in total. The molecule has 3 aromatic rings. The number of amides is 1. The zero-order valence-corrected chi connectivity index (χ0v) is 15.9. The fraction of sp³-hybridized carbons (Fsp3) is 0.333. The quantitative estimate of drug-likeness (QED) is 0.615. The van der Waals surface area contributed by atoms with Gasteiger partial charge in [0, 0.05) is 32.1 Å². The Morgan fingerprint density at radius 2 is 1.97 bits per heavy atom. The molecular formula is C21H22FN5O2. The second kappa shape index (κ2) is 8.91. The Hall–Kier alpha value is -3.13. The minimum absolute atomic E-state index is 0.0371. The molecule has 1 saturated heterocycles. The molecule has 0 saturated carbocycles. The highest BCUT2D eigenvalue weighted by molar-refractivity contribution is 5.91. The minimum atomic E-state index is -0.288. The van der Waals surface area contributed by atoms with Crippen LogP contribution in [-0.4, -0.2) is 50.0 Å². The summed E-state index contributed by atoms with van der Waals surface area (Å²) in [7, 11) is 0. The van der Waals surface area contributed by atoms with Gasteiger partial charge < -0.3 is 9.64 Å². The first-order valence-electron chi connectivity index (χ1n) is 9.62. The Morgan fingerprint density at radius 1 is 1.17 bits per heavy atom. The molecule has 0 bridgehead atoms. The van der Waals surface area contributed by atoms with Crippen molar-refractivity contribution in [3.8, 4) is 0 Å². The van der Waals surface area contributed by atoms with Gasteiger partial charge in [0.15, 0.2) is 5.69 Å². The lowest BCUT2D eigenvalue weighted by Gasteiger charge is -2.24. The standard InChI is InChI=1S/C21H22FN5O2/c22-18-5-3-16(4-6-18)13-27-15-20(24-25-27)21(28)26(14-19-2-1-11-29-19)12-17-7-9-23-10-8-17/h3-10,15,19H,1-2,11-14H2/t19-/m0/s1. The van der Waals surface area contributed by atoms with Crippen molar-refractivity contribution in [2.45, 2.75) is 32.0 Å². The number of hydrogen-bond acceptors (Lipinski definition) is 5. The molecule has 1 atom stereocenters. The van der Waals surface area contributed by atoms with E-state index in [1.165, 1.54) is 12.1 Å². The van der Waals surface area contributed by atoms with Gasteiger partial charge in [0.1, 0.15) is 5.82 Å². The molecular weight excluding hydrogens is 373 g/mol. The van der Waals surface area contributed by atoms with Crippen LogP contribution >= 0.6 is 0 Å². The molecule has 29 heavy (non-hydrogen) atoms. The summed E-state index contributed by atoms with van der Waals surface area (Å²) in [6.07, 6.45) is 7.04. The van der Waals surface area contributed by atoms with Gasteiger partial charge in [0.05, 0.1) is 18.8 Å². The predicted molar refractivity (Wildman–Crippen MR) is 103 cm³/mol. The van der Waals surface area contributed by atoms with E-state index in [1.807, 2.05) is 12.1 Å². The van der Waals surface area contributed by atoms with Crippen LogP contribution < -0.4 is 0 Å². The summed E-state index contributed by atoms with van der Waals surface area (Å²) in [5.74, 6) is -0.480. The van der Waals surface area contributed by atoms with Crippen molar-refractivity contribution in [3.05, 3.63) is 77.6 Å². The fourth-order valence-corrected chi connectivity index (χ4v) is 3.37. The Balaban J connectivity index is 1.48. The van der Waals surface area contributed by atoms with Gasteiger partial charge in [-0.05, 0) is 48.2 Å². The smallest absolute Gasteiger partial charge is 0.276 e. The number of pyridine rings is 1. The molecule has 1 fully saturated rings. The molecule has 0 N–H and O–H groups in total. The summed E-state index contributed by atoms with van der Waals surface area (Å²) in [5, 5.41) is 8.12. The van der Waals surface area contributed by atoms with Gasteiger partial charge in [0.25, 0.3) is 5.91 Å². The zero-order valence-electron chi connectivity index (χ0n) is 15.9. The summed E-state index contributed by atoms with van der Waals surface area (Å²) in [6, 6.07) is 9.95. The third kappa shape index (κ3) is 5.03. The van der Waals surface area contributed by atoms with Gasteiger partial charge >= 0.3 is 0 Å². The highest BCUT2D eigenvalue weighted by Crippen LogP contribution is 2.17. The highest BCUT2D eigenvalue weighted by atomic mass is 19.1. The topological polar surface area (TPSA) is 73.1 Å². The summed E-state index contributed by atoms with van der Waals surface area (Å²) in [4.78, 5) is 18.9. The van der Waals surface area contributed by atoms with Crippen molar-refractivity contribution in [2.75, 3.05) is 13.2 Å². The molecule has 1 aromatic carbocycles. The van der Waals surface area contributed by atoms with Crippen molar-refractivity contribution in [2.24, 2.45) is 0 Å². The average molecular weight is 395 g/mol. The number of benzene rings is 1. The van der Waals surface area contributed by atoms with Crippen molar-refractivity contribution in [3.63, 3.8) is 0 Å². The first-order valence-corrected chi connectivity index (χ1v) is 9.62. The van der Waals surface area contributed by atoms with E-state index in [4.69, 9.17) is 4.74 Å². The predicted octanol–water partition coefficient (Wildman–Crippen LogP) is 2.68. The van der Waals surface area contributed by atoms with E-state index in [1.54, 1.807) is 40.3 Å². The minimum Gasteiger partial charge on any atom is -0.376 e. The maximum Gasteiger partial charge on any atom is 0.276 e. The lowest BCUT2D eigenvalue weighted by Crippen LogP contribution is -2.37. The Kier molecular flexibility index (Phi) is 5.90. The molecule has 1 amide bonds. The maximum atomic E-state index is 13.1. The summed E-state index contributed by atoms with van der Waals surface area (Å²) >= 11 is 0. The van der Waals surface area contributed by atoms with E-state index in [9.17, 15) is 9.18 Å². The van der Waals surface area contributed by atoms with Gasteiger partial charge in [-0.1, -0.05) is 17.3 Å². The number of carbonyl (C=O) groups excluding carboxylic acids is 1. The molecule has 0 radical (unpaired) electrons. The highest BCUT2D eigenvalue weighted by Gasteiger charge is 2.25. The summed E-state index contributed by atoms with van der Waals surface area (Å²) < 4.78 is 20.4. The molecule has 1 aliphatic rings. The third-order valence-corrected chi connectivity index (χ3v) is 4.87. The van der Waals surface area contributed by atoms with Crippen LogP contribution in [0.25, 0.3) is 0 Å². The number of aromatic nitrogens is 4. The van der Waals surface area contributed by atoms with Crippen LogP contribution in [0.5, 0.6) is 0 Å². The van der Waals surface area contributed by atoms with Crippen LogP contribution in [0, 0.1) is 5.82 Å². The van der Waals surface area contributed by atoms with Gasteiger partial charge in [-0.2, -0.15) is 0 Å². The molecule has 4 rings (SSSR count). The van der Waals surface area contributed by atoms with E-state index in [0.29, 0.717) is 19.6 Å². The molecule has 8 heteroatoms. The Labute approximate surface area is 168 Å². The van der Waals surface area contributed by atoms with E-state index in [2.05, 4.69) is 15.3 Å². The van der Waals surface area contributed by atoms with Crippen molar-refractivity contribution in [1.82, 2.24) is 24.9 Å². The van der Waals surface area contributed by atoms with Gasteiger partial charge in [0.2, 0.25) is 0 Å². The van der Waals surface area contributed by atoms with Gasteiger partial charge in [-0.3, -0.25) is 9.78 Å². The van der Waals surface area contributed by atoms with Crippen LogP contribution in [-0.2, 0) is 17.8 Å². The Morgan fingerprint density at radius 3 is 2.69 bits per heavy atom. The average Bonchev–Trinajstić information content (AvgIpc) is 3.42. The Bertz CT molecular complexity index is 939. The van der Waals surface area contributed by atoms with E-state index >= 15 is 0 Å². The van der Waals surface area contributed by atoms with E-state index in [0.717, 1.165) is 30.6 Å². The van der Waals surface area contributed by atoms with E-state index in [-0.39, 0.29) is 23.5 Å². The lowest BCUT2D eigenvalue weighted by atomic mass is 10.2. The van der Waals surface area contributed by atoms with Crippen LogP contribution in [0.4, 0.5) is 4.39 Å². The molecule has 2 aromatic heterocycles. The number of halogens is 1. The SMILES string of the molecule is O=C(c1cn(Cc2ccc(F)cc2)nn1)N(Cc1ccncc1)C[C@@H]1CCCO1. The maximum absolute atomic E-state index is 13.1. The van der Waals surface area contributed by atoms with Crippen LogP contribution in [0.3, 0.4) is 0 Å². The third-order valence-electron chi connectivity index (χ3n) is 4.87. The number of rotatable bonds is 7. The number of hydrogen-bond donors (Lipinski definition) is 0. The van der Waals surface area contributed by atoms with Crippen LogP contribution in [0.15, 0.2) is 55.0 Å². The first-order chi connectivity index (χ1) is 14.2. The molecule has 3 heterocycles. The molecule has 0 unspecified atom stereocenters. The zero-order chi connectivity index (χ0) is 20.1. The number of carbonyl (C=O) groups is 1. The number of ether oxygens (including phenoxy) is 1. The van der Waals surface area contributed by atoms with E-state index < -0.39 is 0 Å². The largest absolute Gasteiger partial charge is 0.376 e. The van der Waals surface area contributed by atoms with Crippen LogP contribution in [0.1, 0.15) is 34.5 Å². The summed E-state index contributed by atoms with van der Waals surface area (Å²) in [6.45, 7) is 2.10. The van der Waals surface area contributed by atoms with Crippen molar-refractivity contribution in [1.29, 1.82) is 0 Å². The molecule has 1 aliphatic heterocycles. The monoisotopic (exact) mass is 395 g/mol. The molecule has 0 aliphatic carbocycles. The molecule has 0 spiro atoms. The summed E-state index contributed by atoms with van der Waals surface area (Å²) in [5.41, 5.74) is 2.15. The molecule has 150 valence electrons. The second-order valence-corrected chi connectivity index (χ2v) is 7.10. The normalized spacial score (nSPS) is 16.1. The van der Waals surface area contributed by atoms with Crippen molar-refractivity contribution >= 4 is 5.91 Å². The second-order valence-electron chi connectivity index (χ2n) is 7.10. The van der Waals surface area contributed by atoms with Gasteiger partial charge in [-0.25, -0.2) is 9.07 Å². The lowest BCUT2D eigenvalue weighted by molar-refractivity contribution is 0.0502. The number of nitrogens with zero attached hydrogens (tertiary/aromatic N) is 5. The van der Waals surface area contributed by atoms with Crippen molar-refractivity contribution < 1.29 is 13.9 Å². The van der Waals surface area contributed by atoms with Crippen LogP contribution in [0.2, 0.25) is 0 Å².